The van der Waals surface area contributed by atoms with Gasteiger partial charge in [-0.2, -0.15) is 0 Å². The predicted molar refractivity (Wildman–Crippen MR) is 160 cm³/mol. The third kappa shape index (κ3) is 13.7. The van der Waals surface area contributed by atoms with Gasteiger partial charge in [-0.25, -0.2) is 0 Å². The number of aryl methyl sites for hydroxylation is 1. The molecule has 0 amide bonds. The van der Waals surface area contributed by atoms with E-state index >= 15 is 0 Å². The molecule has 2 rings (SSSR count). The lowest BCUT2D eigenvalue weighted by molar-refractivity contribution is -0.144. The molecule has 2 aromatic rings. The van der Waals surface area contributed by atoms with E-state index in [1.807, 2.05) is 44.2 Å². The van der Waals surface area contributed by atoms with E-state index in [0.717, 1.165) is 59.2 Å². The first-order valence-corrected chi connectivity index (χ1v) is 15.3. The quantitative estimate of drug-likeness (QED) is 0.106. The Morgan fingerprint density at radius 2 is 1.48 bits per heavy atom. The maximum absolute atomic E-state index is 12.0. The second-order valence-corrected chi connectivity index (χ2v) is 10.3. The molecule has 0 radical (unpaired) electrons. The average molecular weight is 622 g/mol. The minimum absolute atomic E-state index is 0.207. The summed E-state index contributed by atoms with van der Waals surface area (Å²) in [5.74, 6) is 1.21. The van der Waals surface area contributed by atoms with Crippen molar-refractivity contribution in [2.45, 2.75) is 85.2 Å². The molecule has 0 aliphatic heterocycles. The number of hydrogen-bond donors (Lipinski definition) is 0. The zero-order valence-electron chi connectivity index (χ0n) is 24.3. The Morgan fingerprint density at radius 3 is 2.23 bits per heavy atom. The lowest BCUT2D eigenvalue weighted by Gasteiger charge is -2.16. The fourth-order valence-electron chi connectivity index (χ4n) is 4.32. The predicted octanol–water partition coefficient (Wildman–Crippen LogP) is 7.39. The van der Waals surface area contributed by atoms with Crippen LogP contribution in [0.4, 0.5) is 0 Å². The molecule has 0 unspecified atom stereocenters. The topological polar surface area (TPSA) is 80.3 Å². The largest absolute Gasteiger partial charge is 0.494 e. The molecule has 0 fully saturated rings. The monoisotopic (exact) mass is 620 g/mol. The molecule has 222 valence electrons. The van der Waals surface area contributed by atoms with E-state index in [2.05, 4.69) is 22.0 Å². The highest BCUT2D eigenvalue weighted by atomic mass is 79.9. The highest BCUT2D eigenvalue weighted by Gasteiger charge is 2.13. The first-order chi connectivity index (χ1) is 19.5. The van der Waals surface area contributed by atoms with Crippen molar-refractivity contribution in [3.8, 4) is 11.5 Å². The summed E-state index contributed by atoms with van der Waals surface area (Å²) in [7, 11) is 0. The van der Waals surface area contributed by atoms with Gasteiger partial charge in [0.2, 0.25) is 0 Å². The van der Waals surface area contributed by atoms with Crippen LogP contribution in [0.1, 0.15) is 82.4 Å². The fourth-order valence-corrected chi connectivity index (χ4v) is 4.84. The molecule has 0 aliphatic rings. The highest BCUT2D eigenvalue weighted by Crippen LogP contribution is 2.27. The summed E-state index contributed by atoms with van der Waals surface area (Å²) in [5, 5.41) is 0. The van der Waals surface area contributed by atoms with Crippen LogP contribution in [0.25, 0.3) is 0 Å². The third-order valence-electron chi connectivity index (χ3n) is 6.22. The maximum atomic E-state index is 12.0. The van der Waals surface area contributed by atoms with Crippen molar-refractivity contribution in [2.75, 3.05) is 33.0 Å². The van der Waals surface area contributed by atoms with Crippen LogP contribution < -0.4 is 9.47 Å². The molecule has 2 aromatic carbocycles. The third-order valence-corrected chi connectivity index (χ3v) is 6.67. The summed E-state index contributed by atoms with van der Waals surface area (Å²) in [5.41, 5.74) is 3.34. The molecule has 0 saturated heterocycles. The van der Waals surface area contributed by atoms with Gasteiger partial charge in [-0.3, -0.25) is 9.59 Å². The van der Waals surface area contributed by atoms with E-state index in [0.29, 0.717) is 65.3 Å². The van der Waals surface area contributed by atoms with Crippen LogP contribution in [-0.2, 0) is 43.2 Å². The SMILES string of the molecule is CCOCc1cc(Br)cc(OCCCCCCc2cccc(OCCCC(=O)OCC)c2CCC(=O)OCC)c1. The number of carbonyl (C=O) groups excluding carboxylic acids is 2. The van der Waals surface area contributed by atoms with Gasteiger partial charge in [0.15, 0.2) is 0 Å². The van der Waals surface area contributed by atoms with Crippen LogP contribution in [0.3, 0.4) is 0 Å². The molecule has 0 aromatic heterocycles. The second kappa shape index (κ2) is 20.3. The van der Waals surface area contributed by atoms with Crippen LogP contribution in [0.5, 0.6) is 11.5 Å². The van der Waals surface area contributed by atoms with Gasteiger partial charge in [0.1, 0.15) is 11.5 Å². The molecule has 0 aliphatic carbocycles. The summed E-state index contributed by atoms with van der Waals surface area (Å²) >= 11 is 3.55. The van der Waals surface area contributed by atoms with Gasteiger partial charge in [0.05, 0.1) is 33.0 Å². The molecular formula is C32H45BrO7. The van der Waals surface area contributed by atoms with Crippen LogP contribution in [0.2, 0.25) is 0 Å². The van der Waals surface area contributed by atoms with Crippen molar-refractivity contribution in [3.05, 3.63) is 57.6 Å². The zero-order valence-corrected chi connectivity index (χ0v) is 25.9. The Hall–Kier alpha value is -2.58. The lowest BCUT2D eigenvalue weighted by atomic mass is 9.96. The van der Waals surface area contributed by atoms with Gasteiger partial charge >= 0.3 is 11.9 Å². The number of rotatable bonds is 21. The number of halogens is 1. The number of carbonyl (C=O) groups is 2. The zero-order chi connectivity index (χ0) is 29.0. The minimum atomic E-state index is -0.212. The Labute approximate surface area is 248 Å². The number of unbranched alkanes of at least 4 members (excludes halogenated alkanes) is 3. The van der Waals surface area contributed by atoms with Gasteiger partial charge in [0, 0.05) is 23.9 Å². The number of benzene rings is 2. The van der Waals surface area contributed by atoms with Crippen LogP contribution in [0.15, 0.2) is 40.9 Å². The molecule has 40 heavy (non-hydrogen) atoms. The summed E-state index contributed by atoms with van der Waals surface area (Å²) in [4.78, 5) is 23.7. The van der Waals surface area contributed by atoms with E-state index in [9.17, 15) is 9.59 Å². The van der Waals surface area contributed by atoms with Crippen molar-refractivity contribution < 1.29 is 33.3 Å². The molecular weight excluding hydrogens is 576 g/mol. The normalized spacial score (nSPS) is 10.8. The minimum Gasteiger partial charge on any atom is -0.494 e. The molecule has 0 bridgehead atoms. The summed E-state index contributed by atoms with van der Waals surface area (Å²) in [6, 6.07) is 12.1. The highest BCUT2D eigenvalue weighted by molar-refractivity contribution is 9.10. The van der Waals surface area contributed by atoms with Gasteiger partial charge in [-0.15, -0.1) is 0 Å². The van der Waals surface area contributed by atoms with Crippen molar-refractivity contribution in [3.63, 3.8) is 0 Å². The van der Waals surface area contributed by atoms with Crippen LogP contribution in [-0.4, -0.2) is 45.0 Å². The van der Waals surface area contributed by atoms with Crippen molar-refractivity contribution in [1.82, 2.24) is 0 Å². The van der Waals surface area contributed by atoms with E-state index in [4.69, 9.17) is 23.7 Å². The first kappa shape index (κ1) is 33.6. The van der Waals surface area contributed by atoms with Crippen LogP contribution >= 0.6 is 15.9 Å². The first-order valence-electron chi connectivity index (χ1n) is 14.5. The second-order valence-electron chi connectivity index (χ2n) is 9.40. The summed E-state index contributed by atoms with van der Waals surface area (Å²) in [6.45, 7) is 8.70. The molecule has 8 heteroatoms. The van der Waals surface area contributed by atoms with E-state index < -0.39 is 0 Å². The summed E-state index contributed by atoms with van der Waals surface area (Å²) < 4.78 is 28.7. The molecule has 0 N–H and O–H groups in total. The molecule has 0 saturated carbocycles. The van der Waals surface area contributed by atoms with E-state index in [1.165, 1.54) is 5.56 Å². The Bertz CT molecular complexity index is 1020. The molecule has 0 heterocycles. The lowest BCUT2D eigenvalue weighted by Crippen LogP contribution is -2.10. The Balaban J connectivity index is 1.84. The van der Waals surface area contributed by atoms with Gasteiger partial charge in [0.25, 0.3) is 0 Å². The molecule has 7 nitrogen and oxygen atoms in total. The van der Waals surface area contributed by atoms with E-state index in [-0.39, 0.29) is 11.9 Å². The number of hydrogen-bond acceptors (Lipinski definition) is 7. The number of esters is 2. The average Bonchev–Trinajstić information content (AvgIpc) is 2.93. The molecule has 0 spiro atoms. The van der Waals surface area contributed by atoms with Crippen molar-refractivity contribution in [2.24, 2.45) is 0 Å². The smallest absolute Gasteiger partial charge is 0.306 e. The maximum Gasteiger partial charge on any atom is 0.306 e. The fraction of sp³-hybridized carbons (Fsp3) is 0.562. The van der Waals surface area contributed by atoms with E-state index in [1.54, 1.807) is 6.92 Å². The van der Waals surface area contributed by atoms with Gasteiger partial charge in [-0.1, -0.05) is 40.9 Å². The van der Waals surface area contributed by atoms with Crippen molar-refractivity contribution in [1.29, 1.82) is 0 Å². The molecule has 0 atom stereocenters. The van der Waals surface area contributed by atoms with Crippen LogP contribution in [0, 0.1) is 0 Å². The Kier molecular flexibility index (Phi) is 17.1. The standard InChI is InChI=1S/C32H45BrO7/c1-4-36-24-25-21-27(33)23-28(22-25)39-19-10-8-7-9-13-26-14-11-15-30(29(26)17-18-32(35)38-6-3)40-20-12-16-31(34)37-5-2/h11,14-15,21-23H,4-10,12-13,16-20,24H2,1-3H3. The Morgan fingerprint density at radius 1 is 0.750 bits per heavy atom. The number of ether oxygens (including phenoxy) is 5. The van der Waals surface area contributed by atoms with Gasteiger partial charge < -0.3 is 23.7 Å². The van der Waals surface area contributed by atoms with Gasteiger partial charge in [-0.05, 0) is 93.8 Å². The summed E-state index contributed by atoms with van der Waals surface area (Å²) in [6.07, 6.45) is 6.85. The van der Waals surface area contributed by atoms with Crippen molar-refractivity contribution >= 4 is 27.9 Å².